The summed E-state index contributed by atoms with van der Waals surface area (Å²) in [4.78, 5) is 12.7. The highest BCUT2D eigenvalue weighted by Gasteiger charge is 2.38. The minimum absolute atomic E-state index is 0.0131. The molecule has 1 aromatic rings. The molecule has 2 aliphatic rings. The van der Waals surface area contributed by atoms with Gasteiger partial charge in [-0.2, -0.15) is 0 Å². The summed E-state index contributed by atoms with van der Waals surface area (Å²) in [6, 6.07) is 5.45. The molecule has 118 valence electrons. The SMILES string of the molecule is CCCC1Nc2cccc(O)c2NC2=C1C(=O)CC(C)(C)C2. The molecule has 3 rings (SSSR count). The van der Waals surface area contributed by atoms with Crippen molar-refractivity contribution in [3.05, 3.63) is 29.5 Å². The lowest BCUT2D eigenvalue weighted by Crippen LogP contribution is -2.34. The number of phenols is 1. The van der Waals surface area contributed by atoms with Crippen LogP contribution in [0.2, 0.25) is 0 Å². The van der Waals surface area contributed by atoms with E-state index in [1.807, 2.05) is 12.1 Å². The highest BCUT2D eigenvalue weighted by atomic mass is 16.3. The zero-order valence-corrected chi connectivity index (χ0v) is 13.5. The second-order valence-electron chi connectivity index (χ2n) is 7.14. The molecule has 1 aliphatic carbocycles. The van der Waals surface area contributed by atoms with Crippen LogP contribution in [0.15, 0.2) is 29.5 Å². The highest BCUT2D eigenvalue weighted by molar-refractivity contribution is 6.01. The molecule has 1 heterocycles. The number of hydrogen-bond donors (Lipinski definition) is 3. The van der Waals surface area contributed by atoms with Gasteiger partial charge in [-0.15, -0.1) is 0 Å². The monoisotopic (exact) mass is 300 g/mol. The van der Waals surface area contributed by atoms with Crippen LogP contribution in [-0.2, 0) is 4.79 Å². The van der Waals surface area contributed by atoms with Crippen molar-refractivity contribution in [2.24, 2.45) is 5.41 Å². The van der Waals surface area contributed by atoms with Gasteiger partial charge in [0, 0.05) is 17.7 Å². The van der Waals surface area contributed by atoms with Crippen molar-refractivity contribution in [3.63, 3.8) is 0 Å². The zero-order valence-electron chi connectivity index (χ0n) is 13.5. The van der Waals surface area contributed by atoms with Crippen LogP contribution in [0.3, 0.4) is 0 Å². The second-order valence-corrected chi connectivity index (χ2v) is 7.14. The van der Waals surface area contributed by atoms with Gasteiger partial charge in [0.05, 0.1) is 11.7 Å². The van der Waals surface area contributed by atoms with Gasteiger partial charge in [0.1, 0.15) is 11.4 Å². The predicted molar refractivity (Wildman–Crippen MR) is 89.1 cm³/mol. The molecule has 22 heavy (non-hydrogen) atoms. The Morgan fingerprint density at radius 2 is 2.09 bits per heavy atom. The van der Waals surface area contributed by atoms with E-state index in [0.29, 0.717) is 12.1 Å². The maximum Gasteiger partial charge on any atom is 0.163 e. The topological polar surface area (TPSA) is 61.4 Å². The molecule has 4 heteroatoms. The summed E-state index contributed by atoms with van der Waals surface area (Å²) in [5, 5.41) is 17.0. The van der Waals surface area contributed by atoms with Gasteiger partial charge in [-0.1, -0.05) is 33.3 Å². The van der Waals surface area contributed by atoms with Crippen LogP contribution in [0, 0.1) is 5.41 Å². The Balaban J connectivity index is 2.11. The quantitative estimate of drug-likeness (QED) is 0.721. The third kappa shape index (κ3) is 2.58. The first-order valence-corrected chi connectivity index (χ1v) is 8.03. The van der Waals surface area contributed by atoms with Crippen LogP contribution in [0.1, 0.15) is 46.5 Å². The molecule has 0 bridgehead atoms. The van der Waals surface area contributed by atoms with Crippen LogP contribution in [0.5, 0.6) is 5.75 Å². The molecule has 1 aliphatic heterocycles. The summed E-state index contributed by atoms with van der Waals surface area (Å²) >= 11 is 0. The average Bonchev–Trinajstić information content (AvgIpc) is 2.55. The summed E-state index contributed by atoms with van der Waals surface area (Å²) in [6.45, 7) is 6.37. The fourth-order valence-corrected chi connectivity index (χ4v) is 3.56. The Bertz CT molecular complexity index is 646. The first kappa shape index (κ1) is 14.9. The lowest BCUT2D eigenvalue weighted by atomic mass is 9.74. The number of ketones is 1. The highest BCUT2D eigenvalue weighted by Crippen LogP contribution is 2.44. The van der Waals surface area contributed by atoms with Crippen molar-refractivity contribution in [1.29, 1.82) is 0 Å². The van der Waals surface area contributed by atoms with E-state index in [1.54, 1.807) is 6.07 Å². The lowest BCUT2D eigenvalue weighted by Gasteiger charge is -2.34. The second kappa shape index (κ2) is 5.34. The van der Waals surface area contributed by atoms with Gasteiger partial charge in [-0.3, -0.25) is 4.79 Å². The fourth-order valence-electron chi connectivity index (χ4n) is 3.56. The first-order chi connectivity index (χ1) is 10.4. The first-order valence-electron chi connectivity index (χ1n) is 8.03. The van der Waals surface area contributed by atoms with Crippen LogP contribution >= 0.6 is 0 Å². The van der Waals surface area contributed by atoms with Gasteiger partial charge >= 0.3 is 0 Å². The zero-order chi connectivity index (χ0) is 15.9. The molecule has 0 fully saturated rings. The molecule has 1 atom stereocenters. The van der Waals surface area contributed by atoms with Gasteiger partial charge in [0.15, 0.2) is 5.78 Å². The molecule has 0 saturated heterocycles. The number of carbonyl (C=O) groups is 1. The number of allylic oxidation sites excluding steroid dienone is 1. The smallest absolute Gasteiger partial charge is 0.163 e. The van der Waals surface area contributed by atoms with E-state index < -0.39 is 0 Å². The Labute approximate surface area is 131 Å². The van der Waals surface area contributed by atoms with Crippen molar-refractivity contribution in [3.8, 4) is 5.75 Å². The summed E-state index contributed by atoms with van der Waals surface area (Å²) in [7, 11) is 0. The van der Waals surface area contributed by atoms with Crippen molar-refractivity contribution in [2.75, 3.05) is 10.6 Å². The summed E-state index contributed by atoms with van der Waals surface area (Å²) in [5.74, 6) is 0.432. The maximum atomic E-state index is 12.7. The van der Waals surface area contributed by atoms with E-state index in [2.05, 4.69) is 31.4 Å². The molecule has 1 aromatic carbocycles. The van der Waals surface area contributed by atoms with Gasteiger partial charge in [0.25, 0.3) is 0 Å². The van der Waals surface area contributed by atoms with Gasteiger partial charge in [-0.05, 0) is 30.4 Å². The number of phenolic OH excluding ortho intramolecular Hbond substituents is 1. The lowest BCUT2D eigenvalue weighted by molar-refractivity contribution is -0.118. The van der Waals surface area contributed by atoms with E-state index in [9.17, 15) is 9.90 Å². The molecule has 3 N–H and O–H groups in total. The Hall–Kier alpha value is -1.97. The molecule has 0 aromatic heterocycles. The average molecular weight is 300 g/mol. The number of carbonyl (C=O) groups excluding carboxylic acids is 1. The van der Waals surface area contributed by atoms with E-state index >= 15 is 0 Å². The number of nitrogens with one attached hydrogen (secondary N) is 2. The van der Waals surface area contributed by atoms with Crippen LogP contribution < -0.4 is 10.6 Å². The number of fused-ring (bicyclic) bond motifs is 1. The van der Waals surface area contributed by atoms with Crippen LogP contribution in [0.4, 0.5) is 11.4 Å². The molecule has 0 spiro atoms. The number of rotatable bonds is 2. The number of aromatic hydroxyl groups is 1. The number of para-hydroxylation sites is 1. The fraction of sp³-hybridized carbons (Fsp3) is 0.500. The molecule has 4 nitrogen and oxygen atoms in total. The van der Waals surface area contributed by atoms with Crippen molar-refractivity contribution in [1.82, 2.24) is 0 Å². The molecule has 0 saturated carbocycles. The summed E-state index contributed by atoms with van der Waals surface area (Å²) < 4.78 is 0. The normalized spacial score (nSPS) is 23.0. The molecule has 0 radical (unpaired) electrons. The number of hydrogen-bond acceptors (Lipinski definition) is 4. The molecular weight excluding hydrogens is 276 g/mol. The maximum absolute atomic E-state index is 12.7. The Morgan fingerprint density at radius 1 is 1.32 bits per heavy atom. The van der Waals surface area contributed by atoms with E-state index in [-0.39, 0.29) is 23.0 Å². The number of benzene rings is 1. The Kier molecular flexibility index (Phi) is 3.63. The largest absolute Gasteiger partial charge is 0.506 e. The van der Waals surface area contributed by atoms with Crippen molar-refractivity contribution in [2.45, 2.75) is 52.5 Å². The van der Waals surface area contributed by atoms with E-state index in [4.69, 9.17) is 0 Å². The minimum atomic E-state index is -0.0470. The van der Waals surface area contributed by atoms with Gasteiger partial charge < -0.3 is 15.7 Å². The Morgan fingerprint density at radius 3 is 2.82 bits per heavy atom. The summed E-state index contributed by atoms with van der Waals surface area (Å²) in [6.07, 6.45) is 3.31. The van der Waals surface area contributed by atoms with E-state index in [1.165, 1.54) is 0 Å². The van der Waals surface area contributed by atoms with Gasteiger partial charge in [-0.25, -0.2) is 0 Å². The van der Waals surface area contributed by atoms with Crippen molar-refractivity contribution >= 4 is 17.2 Å². The van der Waals surface area contributed by atoms with Crippen LogP contribution in [0.25, 0.3) is 0 Å². The third-order valence-corrected chi connectivity index (χ3v) is 4.49. The molecule has 1 unspecified atom stereocenters. The molecule has 0 amide bonds. The van der Waals surface area contributed by atoms with E-state index in [0.717, 1.165) is 36.2 Å². The molecular formula is C18H24N2O2. The van der Waals surface area contributed by atoms with Crippen LogP contribution in [-0.4, -0.2) is 16.9 Å². The predicted octanol–water partition coefficient (Wildman–Crippen LogP) is 4.04. The van der Waals surface area contributed by atoms with Gasteiger partial charge in [0.2, 0.25) is 0 Å². The van der Waals surface area contributed by atoms with Crippen molar-refractivity contribution < 1.29 is 9.90 Å². The number of Topliss-reactive ketones (excluding diaryl/α,β-unsaturated/α-hetero) is 1. The third-order valence-electron chi connectivity index (χ3n) is 4.49. The number of anilines is 2. The minimum Gasteiger partial charge on any atom is -0.506 e. The standard InChI is InChI=1S/C18H24N2O2/c1-4-6-11-16-13(9-18(2,3)10-15(16)22)20-17-12(19-11)7-5-8-14(17)21/h5,7-8,11,19-21H,4,6,9-10H2,1-3H3. The summed E-state index contributed by atoms with van der Waals surface area (Å²) in [5.41, 5.74) is 3.33.